The van der Waals surface area contributed by atoms with Crippen LogP contribution >= 0.6 is 0 Å². The fourth-order valence-corrected chi connectivity index (χ4v) is 2.59. The second kappa shape index (κ2) is 18.9. The first-order valence-electron chi connectivity index (χ1n) is 11.1. The summed E-state index contributed by atoms with van der Waals surface area (Å²) in [6.07, 6.45) is 17.1. The van der Waals surface area contributed by atoms with Crippen molar-refractivity contribution in [3.63, 3.8) is 0 Å². The zero-order valence-corrected chi connectivity index (χ0v) is 22.3. The zero-order chi connectivity index (χ0) is 22.9. The van der Waals surface area contributed by atoms with Crippen molar-refractivity contribution < 1.29 is 39.1 Å². The Morgan fingerprint density at radius 2 is 1.91 bits per heavy atom. The van der Waals surface area contributed by atoms with Crippen LogP contribution in [0.5, 0.6) is 5.75 Å². The molecule has 1 aromatic carbocycles. The molecule has 0 unspecified atom stereocenters. The van der Waals surface area contributed by atoms with Gasteiger partial charge in [-0.25, -0.2) is 6.08 Å². The van der Waals surface area contributed by atoms with Crippen molar-refractivity contribution in [2.45, 2.75) is 46.0 Å². The maximum Gasteiger partial charge on any atom is 1.00 e. The van der Waals surface area contributed by atoms with E-state index in [0.29, 0.717) is 13.1 Å². The Morgan fingerprint density at radius 1 is 1.25 bits per heavy atom. The van der Waals surface area contributed by atoms with E-state index in [2.05, 4.69) is 37.0 Å². The number of nitrogens with zero attached hydrogens (tertiary/aromatic N) is 1. The maximum absolute atomic E-state index is 11.6. The molecule has 0 radical (unpaired) electrons. The standard InChI is InChI=1S/C13H15O.C10H16N3O.C3H6.Na/c1-4-6-7-11-8-9-12(5-2)13(10-11)14-3;1-2-3-4-9(11)10(14)13-7-5-12-6-8-13;1-2-3-1;/h4,6,8-10H,1,5H2,2-3H3;4,11-12H,2,5-8H2,1H3;1-3H2;/q2*-1;;+1. The largest absolute Gasteiger partial charge is 1.00 e. The van der Waals surface area contributed by atoms with Gasteiger partial charge in [0.25, 0.3) is 0 Å². The van der Waals surface area contributed by atoms with Crippen molar-refractivity contribution in [3.8, 4) is 5.75 Å². The number of nitrogens with one attached hydrogen (secondary N) is 2. The molecule has 1 aromatic rings. The van der Waals surface area contributed by atoms with Crippen LogP contribution in [0, 0.1) is 17.6 Å². The van der Waals surface area contributed by atoms with E-state index < -0.39 is 0 Å². The summed E-state index contributed by atoms with van der Waals surface area (Å²) in [5.74, 6) is 0.738. The summed E-state index contributed by atoms with van der Waals surface area (Å²) in [6.45, 7) is 10.7. The Morgan fingerprint density at radius 3 is 2.41 bits per heavy atom. The number of piperazine rings is 1. The predicted octanol–water partition coefficient (Wildman–Crippen LogP) is 1.53. The van der Waals surface area contributed by atoms with E-state index in [4.69, 9.17) is 10.1 Å². The van der Waals surface area contributed by atoms with Crippen LogP contribution in [0.2, 0.25) is 0 Å². The van der Waals surface area contributed by atoms with Crippen molar-refractivity contribution in [2.24, 2.45) is 0 Å². The van der Waals surface area contributed by atoms with Gasteiger partial charge in [0.15, 0.2) is 5.91 Å². The third-order valence-electron chi connectivity index (χ3n) is 4.47. The average molecular weight is 447 g/mol. The fourth-order valence-electron chi connectivity index (χ4n) is 2.59. The minimum absolute atomic E-state index is 0. The molecule has 2 fully saturated rings. The molecule has 6 heteroatoms. The first-order valence-corrected chi connectivity index (χ1v) is 11.1. The minimum Gasteiger partial charge on any atom is -0.506 e. The molecule has 5 nitrogen and oxygen atoms in total. The molecular weight excluding hydrogens is 409 g/mol. The fraction of sp³-hybridized carbons (Fsp3) is 0.462. The number of hydrogen-bond acceptors (Lipinski definition) is 4. The molecule has 1 heterocycles. The van der Waals surface area contributed by atoms with Crippen LogP contribution < -0.4 is 39.6 Å². The molecule has 1 saturated heterocycles. The number of rotatable bonds is 7. The molecule has 1 amide bonds. The molecular formula is C26H37N3NaO2-. The van der Waals surface area contributed by atoms with E-state index in [9.17, 15) is 4.79 Å². The van der Waals surface area contributed by atoms with Crippen LogP contribution in [0.1, 0.15) is 50.7 Å². The minimum atomic E-state index is -0.188. The number of benzene rings is 1. The molecule has 170 valence electrons. The summed E-state index contributed by atoms with van der Waals surface area (Å²) in [6, 6.07) is 6.08. The first kappa shape index (κ1) is 30.3. The molecule has 32 heavy (non-hydrogen) atoms. The SMILES string of the molecule is C1CC1.C=CC=[C-]c1ccc(CC)c(OC)c1.CC[C-]=CC(=N)C(=O)N1CCNCC1.[Na+]. The third kappa shape index (κ3) is 13.0. The second-order valence-electron chi connectivity index (χ2n) is 7.15. The number of allylic oxidation sites excluding steroid dienone is 3. The summed E-state index contributed by atoms with van der Waals surface area (Å²) >= 11 is 0. The monoisotopic (exact) mass is 446 g/mol. The normalized spacial score (nSPS) is 14.4. The van der Waals surface area contributed by atoms with E-state index in [1.165, 1.54) is 30.9 Å². The molecule has 0 bridgehead atoms. The predicted molar refractivity (Wildman–Crippen MR) is 129 cm³/mol. The van der Waals surface area contributed by atoms with Gasteiger partial charge in [-0.05, 0) is 17.7 Å². The van der Waals surface area contributed by atoms with E-state index in [0.717, 1.165) is 37.2 Å². The van der Waals surface area contributed by atoms with Gasteiger partial charge in [0.05, 0.1) is 12.9 Å². The topological polar surface area (TPSA) is 65.4 Å². The summed E-state index contributed by atoms with van der Waals surface area (Å²) in [7, 11) is 1.69. The van der Waals surface area contributed by atoms with Gasteiger partial charge in [-0.3, -0.25) is 10.9 Å². The Hall–Kier alpha value is -1.66. The van der Waals surface area contributed by atoms with Gasteiger partial charge in [0.2, 0.25) is 0 Å². The van der Waals surface area contributed by atoms with Crippen LogP contribution in [0.3, 0.4) is 0 Å². The summed E-state index contributed by atoms with van der Waals surface area (Å²) in [5.41, 5.74) is 2.27. The van der Waals surface area contributed by atoms with Gasteiger partial charge in [-0.2, -0.15) is 0 Å². The number of carbonyl (C=O) groups excluding carboxylic acids is 1. The number of carbonyl (C=O) groups is 1. The number of hydrogen-bond donors (Lipinski definition) is 2. The zero-order valence-electron chi connectivity index (χ0n) is 20.3. The Labute approximate surface area is 216 Å². The van der Waals surface area contributed by atoms with Crippen molar-refractivity contribution in [1.82, 2.24) is 10.2 Å². The van der Waals surface area contributed by atoms with Crippen LogP contribution in [0.4, 0.5) is 0 Å². The molecule has 2 N–H and O–H groups in total. The third-order valence-corrected chi connectivity index (χ3v) is 4.47. The first-order chi connectivity index (χ1) is 15.1. The molecule has 1 saturated carbocycles. The van der Waals surface area contributed by atoms with E-state index in [1.54, 1.807) is 24.2 Å². The molecule has 0 aromatic heterocycles. The van der Waals surface area contributed by atoms with Crippen molar-refractivity contribution in [1.29, 1.82) is 5.41 Å². The van der Waals surface area contributed by atoms with Gasteiger partial charge in [0.1, 0.15) is 0 Å². The smallest absolute Gasteiger partial charge is 0.506 e. The number of aryl methyl sites for hydroxylation is 1. The van der Waals surface area contributed by atoms with Crippen LogP contribution in [0.15, 0.2) is 43.0 Å². The van der Waals surface area contributed by atoms with Crippen molar-refractivity contribution in [3.05, 3.63) is 66.3 Å². The van der Waals surface area contributed by atoms with E-state index in [-0.39, 0.29) is 41.2 Å². The summed E-state index contributed by atoms with van der Waals surface area (Å²) in [5, 5.41) is 10.7. The van der Waals surface area contributed by atoms with E-state index >= 15 is 0 Å². The average Bonchev–Trinajstić information content (AvgIpc) is 3.71. The Kier molecular flexibility index (Phi) is 17.9. The van der Waals surface area contributed by atoms with Crippen LogP contribution in [0.25, 0.3) is 0 Å². The second-order valence-corrected chi connectivity index (χ2v) is 7.15. The molecule has 0 spiro atoms. The number of methoxy groups -OCH3 is 1. The van der Waals surface area contributed by atoms with Gasteiger partial charge in [-0.1, -0.05) is 45.2 Å². The molecule has 3 rings (SSSR count). The number of amides is 1. The van der Waals surface area contributed by atoms with Gasteiger partial charge >= 0.3 is 29.6 Å². The summed E-state index contributed by atoms with van der Waals surface area (Å²) < 4.78 is 5.28. The van der Waals surface area contributed by atoms with Crippen molar-refractivity contribution >= 4 is 11.6 Å². The molecule has 1 aliphatic carbocycles. The van der Waals surface area contributed by atoms with Crippen LogP contribution in [-0.4, -0.2) is 49.8 Å². The molecule has 1 aliphatic heterocycles. The van der Waals surface area contributed by atoms with Crippen LogP contribution in [-0.2, 0) is 11.2 Å². The van der Waals surface area contributed by atoms with Gasteiger partial charge in [0, 0.05) is 26.2 Å². The Bertz CT molecular complexity index is 749. The maximum atomic E-state index is 11.6. The van der Waals surface area contributed by atoms with E-state index in [1.807, 2.05) is 19.1 Å². The molecule has 2 aliphatic rings. The van der Waals surface area contributed by atoms with Crippen molar-refractivity contribution in [2.75, 3.05) is 33.3 Å². The van der Waals surface area contributed by atoms with Gasteiger partial charge in [-0.15, -0.1) is 42.9 Å². The Balaban J connectivity index is 0.000000514. The quantitative estimate of drug-likeness (QED) is 0.289. The van der Waals surface area contributed by atoms with Gasteiger partial charge < -0.3 is 20.4 Å². The summed E-state index contributed by atoms with van der Waals surface area (Å²) in [4.78, 5) is 13.3. The molecule has 0 atom stereocenters. The number of ether oxygens (including phenoxy) is 1.